The molecule has 120 valence electrons. The van der Waals surface area contributed by atoms with Gasteiger partial charge in [-0.3, -0.25) is 0 Å². The number of unbranched alkanes of at least 4 members (excludes halogenated alkanes) is 5. The molecule has 0 spiro atoms. The number of aromatic nitrogens is 3. The van der Waals surface area contributed by atoms with Crippen molar-refractivity contribution in [2.75, 3.05) is 17.2 Å². The number of nitrogens with zero attached hydrogens (tertiary/aromatic N) is 3. The molecule has 0 saturated heterocycles. The lowest BCUT2D eigenvalue weighted by molar-refractivity contribution is 0.615. The van der Waals surface area contributed by atoms with Crippen LogP contribution in [0, 0.1) is 0 Å². The summed E-state index contributed by atoms with van der Waals surface area (Å²) in [7, 11) is 0. The van der Waals surface area contributed by atoms with Crippen LogP contribution in [0.5, 0.6) is 0 Å². The summed E-state index contributed by atoms with van der Waals surface area (Å²) in [4.78, 5) is 12.5. The zero-order valence-corrected chi connectivity index (χ0v) is 14.4. The molecule has 0 bridgehead atoms. The van der Waals surface area contributed by atoms with E-state index in [1.54, 1.807) is 0 Å². The van der Waals surface area contributed by atoms with Crippen molar-refractivity contribution in [3.8, 4) is 0 Å². The number of rotatable bonds is 9. The van der Waals surface area contributed by atoms with Crippen LogP contribution in [0.2, 0.25) is 5.28 Å². The molecule has 0 aliphatic heterocycles. The van der Waals surface area contributed by atoms with E-state index < -0.39 is 0 Å². The lowest BCUT2D eigenvalue weighted by Crippen LogP contribution is -2.27. The highest BCUT2D eigenvalue weighted by molar-refractivity contribution is 6.28. The molecule has 1 aromatic rings. The van der Waals surface area contributed by atoms with Gasteiger partial charge in [0.1, 0.15) is 0 Å². The van der Waals surface area contributed by atoms with Gasteiger partial charge >= 0.3 is 0 Å². The van der Waals surface area contributed by atoms with E-state index in [-0.39, 0.29) is 10.8 Å². The van der Waals surface area contributed by atoms with Crippen molar-refractivity contribution in [1.82, 2.24) is 15.0 Å². The van der Waals surface area contributed by atoms with Gasteiger partial charge in [0.2, 0.25) is 17.2 Å². The summed E-state index contributed by atoms with van der Waals surface area (Å²) in [5.74, 6) is 1.04. The minimum atomic E-state index is -0.110. The van der Waals surface area contributed by atoms with Crippen molar-refractivity contribution in [2.45, 2.75) is 71.8 Å². The van der Waals surface area contributed by atoms with E-state index in [2.05, 4.69) is 32.5 Å². The summed E-state index contributed by atoms with van der Waals surface area (Å²) in [6, 6.07) is 0. The minimum Gasteiger partial charge on any atom is -0.354 e. The first-order valence-corrected chi connectivity index (χ1v) is 8.22. The molecule has 0 unspecified atom stereocenters. The monoisotopic (exact) mass is 313 g/mol. The van der Waals surface area contributed by atoms with E-state index in [1.165, 1.54) is 32.1 Å². The molecule has 0 aliphatic carbocycles. The zero-order chi connectivity index (χ0) is 15.7. The average Bonchev–Trinajstić information content (AvgIpc) is 2.35. The van der Waals surface area contributed by atoms with Gasteiger partial charge in [-0.25, -0.2) is 0 Å². The summed E-state index contributed by atoms with van der Waals surface area (Å²) in [6.45, 7) is 9.24. The fourth-order valence-corrected chi connectivity index (χ4v) is 2.09. The molecule has 0 aliphatic rings. The summed E-state index contributed by atoms with van der Waals surface area (Å²) in [5, 5.41) is 6.63. The van der Waals surface area contributed by atoms with E-state index in [9.17, 15) is 0 Å². The molecule has 0 amide bonds. The number of hydrogen-bond acceptors (Lipinski definition) is 5. The molecule has 1 rings (SSSR count). The van der Waals surface area contributed by atoms with Crippen LogP contribution in [-0.4, -0.2) is 27.0 Å². The Morgan fingerprint density at radius 2 is 1.52 bits per heavy atom. The van der Waals surface area contributed by atoms with Gasteiger partial charge in [0, 0.05) is 12.1 Å². The maximum absolute atomic E-state index is 5.93. The SMILES string of the molecule is CCCCCCCCNc1nc(Cl)nc(NC(C)(C)C)n1. The molecule has 6 heteroatoms. The van der Waals surface area contributed by atoms with E-state index in [1.807, 2.05) is 20.8 Å². The quantitative estimate of drug-likeness (QED) is 0.657. The zero-order valence-electron chi connectivity index (χ0n) is 13.7. The average molecular weight is 314 g/mol. The highest BCUT2D eigenvalue weighted by atomic mass is 35.5. The van der Waals surface area contributed by atoms with Gasteiger partial charge in [-0.15, -0.1) is 0 Å². The third-order valence-electron chi connectivity index (χ3n) is 2.91. The van der Waals surface area contributed by atoms with Crippen LogP contribution in [0.15, 0.2) is 0 Å². The Labute approximate surface area is 133 Å². The minimum absolute atomic E-state index is 0.110. The molecular weight excluding hydrogens is 286 g/mol. The normalized spacial score (nSPS) is 11.5. The Kier molecular flexibility index (Phi) is 7.72. The van der Waals surface area contributed by atoms with E-state index >= 15 is 0 Å². The molecule has 21 heavy (non-hydrogen) atoms. The van der Waals surface area contributed by atoms with Gasteiger partial charge < -0.3 is 10.6 Å². The van der Waals surface area contributed by atoms with Gasteiger partial charge in [0.15, 0.2) is 0 Å². The van der Waals surface area contributed by atoms with Gasteiger partial charge in [-0.2, -0.15) is 15.0 Å². The lowest BCUT2D eigenvalue weighted by atomic mass is 10.1. The topological polar surface area (TPSA) is 62.7 Å². The standard InChI is InChI=1S/C15H28ClN5/c1-5-6-7-8-9-10-11-17-13-18-12(16)19-14(20-13)21-15(2,3)4/h5-11H2,1-4H3,(H2,17,18,19,20,21). The molecule has 0 fully saturated rings. The maximum Gasteiger partial charge on any atom is 0.229 e. The molecular formula is C15H28ClN5. The van der Waals surface area contributed by atoms with Gasteiger partial charge in [0.05, 0.1) is 0 Å². The maximum atomic E-state index is 5.93. The van der Waals surface area contributed by atoms with Crippen molar-refractivity contribution in [2.24, 2.45) is 0 Å². The van der Waals surface area contributed by atoms with E-state index in [0.717, 1.165) is 13.0 Å². The van der Waals surface area contributed by atoms with Crippen LogP contribution in [0.4, 0.5) is 11.9 Å². The van der Waals surface area contributed by atoms with E-state index in [4.69, 9.17) is 11.6 Å². The predicted octanol–water partition coefficient (Wildman–Crippen LogP) is 4.51. The molecule has 2 N–H and O–H groups in total. The summed E-state index contributed by atoms with van der Waals surface area (Å²) in [5.41, 5.74) is -0.110. The molecule has 1 heterocycles. The second kappa shape index (κ2) is 9.03. The van der Waals surface area contributed by atoms with Crippen LogP contribution in [0.1, 0.15) is 66.2 Å². The molecule has 5 nitrogen and oxygen atoms in total. The molecule has 0 aromatic carbocycles. The highest BCUT2D eigenvalue weighted by Crippen LogP contribution is 2.14. The van der Waals surface area contributed by atoms with Crippen LogP contribution in [0.25, 0.3) is 0 Å². The van der Waals surface area contributed by atoms with Gasteiger partial charge in [-0.1, -0.05) is 39.0 Å². The Morgan fingerprint density at radius 1 is 0.905 bits per heavy atom. The van der Waals surface area contributed by atoms with Crippen LogP contribution >= 0.6 is 11.6 Å². The Bertz CT molecular complexity index is 417. The number of anilines is 2. The first-order valence-electron chi connectivity index (χ1n) is 7.84. The fourth-order valence-electron chi connectivity index (χ4n) is 1.93. The second-order valence-electron chi connectivity index (χ2n) is 6.32. The number of nitrogens with one attached hydrogen (secondary N) is 2. The molecule has 0 radical (unpaired) electrons. The van der Waals surface area contributed by atoms with Crippen LogP contribution < -0.4 is 10.6 Å². The smallest absolute Gasteiger partial charge is 0.229 e. The summed E-state index contributed by atoms with van der Waals surface area (Å²) >= 11 is 5.93. The van der Waals surface area contributed by atoms with Crippen molar-refractivity contribution in [1.29, 1.82) is 0 Å². The summed E-state index contributed by atoms with van der Waals surface area (Å²) in [6.07, 6.45) is 7.59. The largest absolute Gasteiger partial charge is 0.354 e. The Morgan fingerprint density at radius 3 is 2.19 bits per heavy atom. The molecule has 0 saturated carbocycles. The van der Waals surface area contributed by atoms with Crippen LogP contribution in [0.3, 0.4) is 0 Å². The second-order valence-corrected chi connectivity index (χ2v) is 6.66. The highest BCUT2D eigenvalue weighted by Gasteiger charge is 2.13. The fraction of sp³-hybridized carbons (Fsp3) is 0.800. The Hall–Kier alpha value is -1.10. The van der Waals surface area contributed by atoms with Crippen molar-refractivity contribution in [3.05, 3.63) is 5.28 Å². The first kappa shape index (κ1) is 18.0. The van der Waals surface area contributed by atoms with Gasteiger partial charge in [-0.05, 0) is 38.8 Å². The van der Waals surface area contributed by atoms with Crippen molar-refractivity contribution < 1.29 is 0 Å². The first-order chi connectivity index (χ1) is 9.90. The lowest BCUT2D eigenvalue weighted by Gasteiger charge is -2.20. The number of hydrogen-bond donors (Lipinski definition) is 2. The van der Waals surface area contributed by atoms with Crippen LogP contribution in [-0.2, 0) is 0 Å². The predicted molar refractivity (Wildman–Crippen MR) is 90.1 cm³/mol. The van der Waals surface area contributed by atoms with E-state index in [0.29, 0.717) is 11.9 Å². The molecule has 0 atom stereocenters. The van der Waals surface area contributed by atoms with Crippen molar-refractivity contribution >= 4 is 23.5 Å². The van der Waals surface area contributed by atoms with Crippen molar-refractivity contribution in [3.63, 3.8) is 0 Å². The number of halogens is 1. The Balaban J connectivity index is 2.37. The molecule has 1 aromatic heterocycles. The third kappa shape index (κ3) is 8.71. The third-order valence-corrected chi connectivity index (χ3v) is 3.08. The van der Waals surface area contributed by atoms with Gasteiger partial charge in [0.25, 0.3) is 0 Å². The summed E-state index contributed by atoms with van der Waals surface area (Å²) < 4.78 is 0.